The summed E-state index contributed by atoms with van der Waals surface area (Å²) in [6.45, 7) is 0.217. The molecule has 2 aliphatic carbocycles. The van der Waals surface area contributed by atoms with Gasteiger partial charge in [-0.15, -0.1) is 0 Å². The summed E-state index contributed by atoms with van der Waals surface area (Å²) in [6.07, 6.45) is 0.221. The average Bonchev–Trinajstić information content (AvgIpc) is 3.39. The molecule has 0 saturated heterocycles. The second-order valence-electron chi connectivity index (χ2n) is 9.06. The summed E-state index contributed by atoms with van der Waals surface area (Å²) in [7, 11) is 0. The first-order valence-corrected chi connectivity index (χ1v) is 11.5. The number of H-pyrrole nitrogens is 1. The van der Waals surface area contributed by atoms with Gasteiger partial charge in [0.05, 0.1) is 12.0 Å². The van der Waals surface area contributed by atoms with E-state index in [2.05, 4.69) is 34.6 Å². The van der Waals surface area contributed by atoms with Crippen molar-refractivity contribution in [1.82, 2.24) is 10.3 Å². The highest BCUT2D eigenvalue weighted by Crippen LogP contribution is 2.44. The fourth-order valence-corrected chi connectivity index (χ4v) is 5.57. The third-order valence-corrected chi connectivity index (χ3v) is 7.15. The second kappa shape index (κ2) is 8.06. The molecule has 2 atom stereocenters. The van der Waals surface area contributed by atoms with Crippen LogP contribution in [0.2, 0.25) is 0 Å². The van der Waals surface area contributed by atoms with Crippen molar-refractivity contribution in [2.75, 3.05) is 6.61 Å². The summed E-state index contributed by atoms with van der Waals surface area (Å²) in [5.41, 5.74) is 7.41. The first-order chi connectivity index (χ1) is 16.6. The Hall–Kier alpha value is -4.06. The molecule has 2 aliphatic rings. The van der Waals surface area contributed by atoms with Crippen molar-refractivity contribution in [2.24, 2.45) is 5.92 Å². The Balaban J connectivity index is 1.23. The number of aromatic nitrogens is 1. The predicted molar refractivity (Wildman–Crippen MR) is 129 cm³/mol. The van der Waals surface area contributed by atoms with Crippen molar-refractivity contribution >= 4 is 23.0 Å². The topological polar surface area (TPSA) is 91.4 Å². The van der Waals surface area contributed by atoms with E-state index in [1.165, 1.54) is 11.1 Å². The molecule has 0 fully saturated rings. The van der Waals surface area contributed by atoms with Gasteiger partial charge in [-0.25, -0.2) is 4.79 Å². The molecule has 6 nitrogen and oxygen atoms in total. The van der Waals surface area contributed by atoms with E-state index in [0.29, 0.717) is 12.8 Å². The molecule has 1 aromatic heterocycles. The monoisotopic (exact) mass is 452 g/mol. The molecule has 0 saturated carbocycles. The summed E-state index contributed by atoms with van der Waals surface area (Å²) in [5.74, 6) is -1.44. The van der Waals surface area contributed by atoms with Crippen molar-refractivity contribution in [2.45, 2.75) is 24.8 Å². The lowest BCUT2D eigenvalue weighted by atomic mass is 9.83. The number of carboxylic acids is 1. The third-order valence-electron chi connectivity index (χ3n) is 7.15. The summed E-state index contributed by atoms with van der Waals surface area (Å²) in [6, 6.07) is 23.8. The van der Waals surface area contributed by atoms with Gasteiger partial charge in [0.25, 0.3) is 0 Å². The molecule has 0 radical (unpaired) electrons. The van der Waals surface area contributed by atoms with Gasteiger partial charge in [-0.3, -0.25) is 4.79 Å². The van der Waals surface area contributed by atoms with Gasteiger partial charge in [0.15, 0.2) is 0 Å². The number of ether oxygens (including phenoxy) is 1. The number of carboxylic acid groups (broad SMARTS) is 1. The van der Waals surface area contributed by atoms with Crippen molar-refractivity contribution in [3.63, 3.8) is 0 Å². The maximum absolute atomic E-state index is 12.9. The molecule has 4 aromatic rings. The number of carbonyl (C=O) groups excluding carboxylic acids is 1. The molecule has 0 spiro atoms. The van der Waals surface area contributed by atoms with Crippen LogP contribution in [0.5, 0.6) is 0 Å². The highest BCUT2D eigenvalue weighted by molar-refractivity contribution is 5.86. The number of nitrogens with one attached hydrogen (secondary N) is 2. The number of aromatic amines is 1. The Bertz CT molecular complexity index is 1380. The van der Waals surface area contributed by atoms with E-state index in [4.69, 9.17) is 4.74 Å². The maximum atomic E-state index is 12.9. The van der Waals surface area contributed by atoms with Crippen molar-refractivity contribution in [3.8, 4) is 11.1 Å². The molecule has 0 bridgehead atoms. The van der Waals surface area contributed by atoms with Crippen LogP contribution >= 0.6 is 0 Å². The quantitative estimate of drug-likeness (QED) is 0.387. The molecule has 3 N–H and O–H groups in total. The van der Waals surface area contributed by atoms with E-state index in [1.807, 2.05) is 48.5 Å². The van der Waals surface area contributed by atoms with Gasteiger partial charge in [-0.2, -0.15) is 0 Å². The Morgan fingerprint density at radius 2 is 1.59 bits per heavy atom. The predicted octanol–water partition coefficient (Wildman–Crippen LogP) is 5.39. The van der Waals surface area contributed by atoms with Crippen molar-refractivity contribution < 1.29 is 19.4 Å². The number of fused-ring (bicyclic) bond motifs is 6. The van der Waals surface area contributed by atoms with Gasteiger partial charge in [0, 0.05) is 22.5 Å². The minimum Gasteiger partial charge on any atom is -0.481 e. The number of para-hydroxylation sites is 1. The molecule has 2 unspecified atom stereocenters. The largest absolute Gasteiger partial charge is 0.481 e. The van der Waals surface area contributed by atoms with E-state index in [9.17, 15) is 14.7 Å². The normalized spacial score (nSPS) is 18.7. The first kappa shape index (κ1) is 20.5. The first-order valence-electron chi connectivity index (χ1n) is 11.5. The highest BCUT2D eigenvalue weighted by atomic mass is 16.5. The van der Waals surface area contributed by atoms with Crippen LogP contribution in [0.1, 0.15) is 40.8 Å². The minimum absolute atomic E-state index is 0.0279. The van der Waals surface area contributed by atoms with Crippen LogP contribution < -0.4 is 5.32 Å². The lowest BCUT2D eigenvalue weighted by Crippen LogP contribution is -2.36. The number of alkyl carbamates (subject to hydrolysis) is 1. The van der Waals surface area contributed by atoms with E-state index >= 15 is 0 Å². The molecule has 170 valence electrons. The van der Waals surface area contributed by atoms with Gasteiger partial charge >= 0.3 is 12.1 Å². The lowest BCUT2D eigenvalue weighted by Gasteiger charge is -2.28. The Kier molecular flexibility index (Phi) is 4.87. The number of rotatable bonds is 4. The summed E-state index contributed by atoms with van der Waals surface area (Å²) >= 11 is 0. The number of aliphatic carboxylic acids is 1. The Morgan fingerprint density at radius 1 is 0.941 bits per heavy atom. The van der Waals surface area contributed by atoms with Gasteiger partial charge in [-0.1, -0.05) is 66.7 Å². The van der Waals surface area contributed by atoms with Crippen LogP contribution in [0.25, 0.3) is 22.0 Å². The smallest absolute Gasteiger partial charge is 0.407 e. The molecule has 1 heterocycles. The summed E-state index contributed by atoms with van der Waals surface area (Å²) in [4.78, 5) is 28.1. The molecule has 3 aromatic carbocycles. The van der Waals surface area contributed by atoms with E-state index in [1.54, 1.807) is 0 Å². The second-order valence-corrected chi connectivity index (χ2v) is 9.06. The molecular weight excluding hydrogens is 428 g/mol. The fourth-order valence-electron chi connectivity index (χ4n) is 5.57. The maximum Gasteiger partial charge on any atom is 0.407 e. The molecule has 6 heteroatoms. The standard InChI is InChI=1S/C28H24N2O4/c31-27(32)16-13-22-21-11-5-6-12-24(21)29-26(22)25(14-16)30-28(33)34-15-23-19-9-3-1-7-17(19)18-8-2-4-10-20(18)23/h1-12,16,23,25,29H,13-15H2,(H,30,33)(H,31,32). The van der Waals surface area contributed by atoms with E-state index in [-0.39, 0.29) is 12.5 Å². The van der Waals surface area contributed by atoms with Gasteiger partial charge in [0.2, 0.25) is 0 Å². The average molecular weight is 453 g/mol. The SMILES string of the molecule is O=C(NC1CC(C(=O)O)Cc2c1[nH]c1ccccc21)OCC1c2ccccc2-c2ccccc21. The zero-order valence-corrected chi connectivity index (χ0v) is 18.5. The van der Waals surface area contributed by atoms with Crippen LogP contribution in [-0.4, -0.2) is 28.8 Å². The van der Waals surface area contributed by atoms with Gasteiger partial charge < -0.3 is 20.1 Å². The Labute approximate surface area is 196 Å². The van der Waals surface area contributed by atoms with E-state index < -0.39 is 24.0 Å². The highest BCUT2D eigenvalue weighted by Gasteiger charge is 2.35. The van der Waals surface area contributed by atoms with Gasteiger partial charge in [-0.05, 0) is 46.7 Å². The molecule has 34 heavy (non-hydrogen) atoms. The number of benzene rings is 3. The number of amides is 1. The lowest BCUT2D eigenvalue weighted by molar-refractivity contribution is -0.142. The Morgan fingerprint density at radius 3 is 2.29 bits per heavy atom. The van der Waals surface area contributed by atoms with E-state index in [0.717, 1.165) is 33.3 Å². The number of hydrogen-bond acceptors (Lipinski definition) is 3. The van der Waals surface area contributed by atoms with Crippen LogP contribution in [-0.2, 0) is 16.0 Å². The van der Waals surface area contributed by atoms with Gasteiger partial charge in [0.1, 0.15) is 6.61 Å². The summed E-state index contributed by atoms with van der Waals surface area (Å²) < 4.78 is 5.72. The zero-order valence-electron chi connectivity index (χ0n) is 18.5. The van der Waals surface area contributed by atoms with Crippen molar-refractivity contribution in [3.05, 3.63) is 95.2 Å². The minimum atomic E-state index is -0.852. The summed E-state index contributed by atoms with van der Waals surface area (Å²) in [5, 5.41) is 13.6. The fraction of sp³-hybridized carbons (Fsp3) is 0.214. The van der Waals surface area contributed by atoms with Crippen LogP contribution in [0, 0.1) is 5.92 Å². The molecule has 1 amide bonds. The van der Waals surface area contributed by atoms with Crippen LogP contribution in [0.3, 0.4) is 0 Å². The molecular formula is C28H24N2O4. The van der Waals surface area contributed by atoms with Crippen LogP contribution in [0.15, 0.2) is 72.8 Å². The van der Waals surface area contributed by atoms with Crippen LogP contribution in [0.4, 0.5) is 4.79 Å². The third kappa shape index (κ3) is 3.34. The zero-order chi connectivity index (χ0) is 23.2. The molecule has 0 aliphatic heterocycles. The van der Waals surface area contributed by atoms with Crippen molar-refractivity contribution in [1.29, 1.82) is 0 Å². The molecule has 6 rings (SSSR count). The number of hydrogen-bond donors (Lipinski definition) is 3. The number of carbonyl (C=O) groups is 2.